The topological polar surface area (TPSA) is 74.2 Å². The Kier molecular flexibility index (Phi) is 13.3. The molecule has 7 nitrogen and oxygen atoms in total. The first-order chi connectivity index (χ1) is 14.5. The third-order valence-corrected chi connectivity index (χ3v) is 5.51. The van der Waals surface area contributed by atoms with Crippen molar-refractivity contribution in [2.75, 3.05) is 26.7 Å². The van der Waals surface area contributed by atoms with Crippen LogP contribution in [0.5, 0.6) is 0 Å². The van der Waals surface area contributed by atoms with Gasteiger partial charge in [0, 0.05) is 29.0 Å². The Morgan fingerprint density at radius 1 is 1.03 bits per heavy atom. The van der Waals surface area contributed by atoms with Crippen LogP contribution in [0.4, 0.5) is 9.59 Å². The molecule has 0 unspecified atom stereocenters. The highest BCUT2D eigenvalue weighted by Gasteiger charge is 2.23. The van der Waals surface area contributed by atoms with Crippen LogP contribution in [0.1, 0.15) is 52.9 Å². The average Bonchev–Trinajstić information content (AvgIpc) is 2.75. The molecule has 30 heavy (non-hydrogen) atoms. The maximum absolute atomic E-state index is 12.8. The minimum absolute atomic E-state index is 0.00810. The predicted octanol–water partition coefficient (Wildman–Crippen LogP) is 5.90. The van der Waals surface area contributed by atoms with Crippen molar-refractivity contribution in [3.63, 3.8) is 0 Å². The van der Waals surface area contributed by atoms with Crippen molar-refractivity contribution < 1.29 is 14.3 Å². The van der Waals surface area contributed by atoms with Crippen LogP contribution in [0.3, 0.4) is 0 Å². The first kappa shape index (κ1) is 26.3. The van der Waals surface area contributed by atoms with E-state index in [0.29, 0.717) is 26.1 Å². The summed E-state index contributed by atoms with van der Waals surface area (Å²) in [5, 5.41) is 0. The first-order valence-corrected chi connectivity index (χ1v) is 12.0. The largest absolute Gasteiger partial charge is 0.468 e. The quantitative estimate of drug-likeness (QED) is 0.246. The number of unbranched alkanes of at least 4 members (excludes halogenated alkanes) is 2. The van der Waals surface area contributed by atoms with Gasteiger partial charge in [0.15, 0.2) is 0 Å². The maximum atomic E-state index is 12.8. The van der Waals surface area contributed by atoms with E-state index in [1.165, 1.54) is 24.0 Å². The number of nitrogens with one attached hydrogen (secondary N) is 1. The molecule has 0 atom stereocenters. The molecule has 0 saturated heterocycles. The molecule has 1 aromatic carbocycles. The Labute approximate surface area is 192 Å². The molecule has 168 valence electrons. The van der Waals surface area contributed by atoms with Gasteiger partial charge in [0.25, 0.3) is 0 Å². The standard InChI is InChI=1S/C21H33BrN4O3S/c1-5-8-15-25(16-9-6-2)19(27)23-21(29-4)26(14-7-3)20(28)24-30-18-12-10-17(22)11-13-18/h10-13H,5-9,14-16H2,1-4H3,(H,24,28). The predicted molar refractivity (Wildman–Crippen MR) is 127 cm³/mol. The van der Waals surface area contributed by atoms with E-state index in [4.69, 9.17) is 4.74 Å². The molecule has 0 saturated carbocycles. The lowest BCUT2D eigenvalue weighted by Gasteiger charge is -2.24. The zero-order valence-corrected chi connectivity index (χ0v) is 20.7. The highest BCUT2D eigenvalue weighted by Crippen LogP contribution is 2.18. The molecule has 0 heterocycles. The van der Waals surface area contributed by atoms with Gasteiger partial charge in [0.05, 0.1) is 7.11 Å². The summed E-state index contributed by atoms with van der Waals surface area (Å²) in [5.41, 5.74) is 0. The van der Waals surface area contributed by atoms with Crippen molar-refractivity contribution in [2.45, 2.75) is 57.8 Å². The van der Waals surface area contributed by atoms with Gasteiger partial charge in [-0.05, 0) is 55.5 Å². The molecule has 0 bridgehead atoms. The number of ether oxygens (including phenoxy) is 1. The fourth-order valence-corrected chi connectivity index (χ4v) is 3.39. The van der Waals surface area contributed by atoms with Crippen LogP contribution in [0, 0.1) is 0 Å². The third kappa shape index (κ3) is 9.38. The second-order valence-electron chi connectivity index (χ2n) is 6.69. The van der Waals surface area contributed by atoms with Crippen molar-refractivity contribution in [3.05, 3.63) is 28.7 Å². The number of halogens is 1. The number of urea groups is 2. The van der Waals surface area contributed by atoms with Gasteiger partial charge < -0.3 is 9.64 Å². The van der Waals surface area contributed by atoms with Gasteiger partial charge in [0.1, 0.15) is 0 Å². The molecule has 1 rings (SSSR count). The summed E-state index contributed by atoms with van der Waals surface area (Å²) >= 11 is 4.59. The van der Waals surface area contributed by atoms with Gasteiger partial charge >= 0.3 is 18.1 Å². The second-order valence-corrected chi connectivity index (χ2v) is 8.49. The number of nitrogens with zero attached hydrogens (tertiary/aromatic N) is 3. The van der Waals surface area contributed by atoms with E-state index in [1.54, 1.807) is 4.90 Å². The number of aliphatic imine (C=N–C) groups is 1. The van der Waals surface area contributed by atoms with E-state index in [1.807, 2.05) is 31.2 Å². The normalized spacial score (nSPS) is 11.2. The number of rotatable bonds is 10. The summed E-state index contributed by atoms with van der Waals surface area (Å²) < 4.78 is 9.09. The van der Waals surface area contributed by atoms with Gasteiger partial charge in [-0.1, -0.05) is 49.5 Å². The average molecular weight is 501 g/mol. The first-order valence-electron chi connectivity index (χ1n) is 10.4. The molecule has 1 aromatic rings. The Morgan fingerprint density at radius 2 is 1.63 bits per heavy atom. The lowest BCUT2D eigenvalue weighted by molar-refractivity contribution is 0.201. The fourth-order valence-electron chi connectivity index (χ4n) is 2.54. The summed E-state index contributed by atoms with van der Waals surface area (Å²) in [6.45, 7) is 7.80. The number of amides is 4. The van der Waals surface area contributed by atoms with Crippen molar-refractivity contribution in [2.24, 2.45) is 4.99 Å². The van der Waals surface area contributed by atoms with Crippen LogP contribution in [0.25, 0.3) is 0 Å². The maximum Gasteiger partial charge on any atom is 0.348 e. The van der Waals surface area contributed by atoms with Gasteiger partial charge in [-0.15, -0.1) is 4.99 Å². The molecule has 0 fully saturated rings. The van der Waals surface area contributed by atoms with Gasteiger partial charge in [-0.25, -0.2) is 14.5 Å². The molecule has 0 aliphatic rings. The van der Waals surface area contributed by atoms with Crippen LogP contribution < -0.4 is 4.72 Å². The van der Waals surface area contributed by atoms with E-state index < -0.39 is 0 Å². The molecule has 4 amide bonds. The van der Waals surface area contributed by atoms with Gasteiger partial charge in [-0.2, -0.15) is 0 Å². The van der Waals surface area contributed by atoms with Crippen LogP contribution >= 0.6 is 27.9 Å². The summed E-state index contributed by atoms with van der Waals surface area (Å²) in [5.74, 6) is 0. The van der Waals surface area contributed by atoms with Gasteiger partial charge in [0.2, 0.25) is 0 Å². The molecule has 0 radical (unpaired) electrons. The number of methoxy groups -OCH3 is 1. The minimum atomic E-state index is -0.383. The molecule has 0 spiro atoms. The van der Waals surface area contributed by atoms with E-state index in [0.717, 1.165) is 35.1 Å². The zero-order valence-electron chi connectivity index (χ0n) is 18.3. The third-order valence-electron chi connectivity index (χ3n) is 4.20. The van der Waals surface area contributed by atoms with Crippen LogP contribution in [-0.4, -0.2) is 54.6 Å². The Morgan fingerprint density at radius 3 is 2.13 bits per heavy atom. The second kappa shape index (κ2) is 15.1. The molecule has 1 N–H and O–H groups in total. The highest BCUT2D eigenvalue weighted by atomic mass is 79.9. The lowest BCUT2D eigenvalue weighted by atomic mass is 10.3. The zero-order chi connectivity index (χ0) is 22.4. The van der Waals surface area contributed by atoms with Crippen LogP contribution in [0.15, 0.2) is 38.6 Å². The van der Waals surface area contributed by atoms with Crippen LogP contribution in [-0.2, 0) is 4.74 Å². The Hall–Kier alpha value is -1.74. The molecular formula is C21H33BrN4O3S. The van der Waals surface area contributed by atoms with Crippen molar-refractivity contribution in [1.29, 1.82) is 0 Å². The number of amidine groups is 1. The number of carbonyl (C=O) groups is 2. The number of hydrogen-bond acceptors (Lipinski definition) is 4. The SMILES string of the molecule is CCCCN(CCCC)C(=O)N=C(OC)N(CCC)C(=O)NSc1ccc(Br)cc1. The van der Waals surface area contributed by atoms with Gasteiger partial charge in [-0.3, -0.25) is 4.72 Å². The van der Waals surface area contributed by atoms with Crippen molar-refractivity contribution >= 4 is 46.0 Å². The Balaban J connectivity index is 2.90. The molecule has 0 aliphatic heterocycles. The smallest absolute Gasteiger partial charge is 0.348 e. The number of carbonyl (C=O) groups excluding carboxylic acids is 2. The number of hydrogen-bond donors (Lipinski definition) is 1. The minimum Gasteiger partial charge on any atom is -0.468 e. The summed E-state index contributed by atoms with van der Waals surface area (Å²) in [4.78, 5) is 33.6. The molecule has 0 aromatic heterocycles. The monoisotopic (exact) mass is 500 g/mol. The summed E-state index contributed by atoms with van der Waals surface area (Å²) in [6, 6.07) is 6.85. The molecular weight excluding hydrogens is 468 g/mol. The lowest BCUT2D eigenvalue weighted by Crippen LogP contribution is -2.44. The fraction of sp³-hybridized carbons (Fsp3) is 0.571. The molecule has 0 aliphatic carbocycles. The van der Waals surface area contributed by atoms with E-state index in [2.05, 4.69) is 39.5 Å². The molecule has 9 heteroatoms. The van der Waals surface area contributed by atoms with Crippen molar-refractivity contribution in [1.82, 2.24) is 14.5 Å². The summed E-state index contributed by atoms with van der Waals surface area (Å²) in [7, 11) is 1.42. The summed E-state index contributed by atoms with van der Waals surface area (Å²) in [6.07, 6.45) is 4.51. The highest BCUT2D eigenvalue weighted by molar-refractivity contribution is 9.10. The Bertz CT molecular complexity index is 677. The van der Waals surface area contributed by atoms with Crippen molar-refractivity contribution in [3.8, 4) is 0 Å². The number of benzene rings is 1. The van der Waals surface area contributed by atoms with E-state index in [9.17, 15) is 9.59 Å². The van der Waals surface area contributed by atoms with E-state index in [-0.39, 0.29) is 18.1 Å². The van der Waals surface area contributed by atoms with E-state index >= 15 is 0 Å². The van der Waals surface area contributed by atoms with Crippen LogP contribution in [0.2, 0.25) is 0 Å².